The maximum absolute atomic E-state index is 5.75. The molecule has 0 saturated carbocycles. The highest BCUT2D eigenvalue weighted by Crippen LogP contribution is 2.34. The molecule has 2 aliphatic rings. The molecule has 4 atom stereocenters. The van der Waals surface area contributed by atoms with E-state index in [0.717, 1.165) is 5.69 Å². The standard InChI is InChI=1S/C11H17N3O4/c1-15-4-7-3-14(13-12-7)8-5-17-11-9(16-2)6-18-10(8)11/h3,8-11H,4-6H2,1-2H3. The van der Waals surface area contributed by atoms with Crippen LogP contribution in [0.3, 0.4) is 0 Å². The summed E-state index contributed by atoms with van der Waals surface area (Å²) in [5, 5.41) is 8.16. The fourth-order valence-corrected chi connectivity index (χ4v) is 2.56. The maximum atomic E-state index is 5.75. The lowest BCUT2D eigenvalue weighted by molar-refractivity contribution is -0.00910. The van der Waals surface area contributed by atoms with E-state index in [9.17, 15) is 0 Å². The van der Waals surface area contributed by atoms with Gasteiger partial charge in [0.15, 0.2) is 0 Å². The number of hydrogen-bond acceptors (Lipinski definition) is 6. The minimum absolute atomic E-state index is 0.00456. The van der Waals surface area contributed by atoms with Crippen molar-refractivity contribution in [1.82, 2.24) is 15.0 Å². The van der Waals surface area contributed by atoms with Gasteiger partial charge in [0.2, 0.25) is 0 Å². The zero-order valence-electron chi connectivity index (χ0n) is 10.5. The van der Waals surface area contributed by atoms with Gasteiger partial charge in [0.1, 0.15) is 30.0 Å². The topological polar surface area (TPSA) is 67.6 Å². The van der Waals surface area contributed by atoms with Crippen LogP contribution < -0.4 is 0 Å². The largest absolute Gasteiger partial charge is 0.378 e. The minimum Gasteiger partial charge on any atom is -0.378 e. The van der Waals surface area contributed by atoms with E-state index >= 15 is 0 Å². The van der Waals surface area contributed by atoms with E-state index in [1.807, 2.05) is 6.20 Å². The Hall–Kier alpha value is -1.02. The molecular weight excluding hydrogens is 238 g/mol. The molecule has 3 rings (SSSR count). The number of fused-ring (bicyclic) bond motifs is 1. The van der Waals surface area contributed by atoms with Crippen LogP contribution in [0.1, 0.15) is 11.7 Å². The lowest BCUT2D eigenvalue weighted by Gasteiger charge is -2.15. The first-order valence-electron chi connectivity index (χ1n) is 5.99. The van der Waals surface area contributed by atoms with Crippen molar-refractivity contribution in [2.24, 2.45) is 0 Å². The Labute approximate surface area is 105 Å². The summed E-state index contributed by atoms with van der Waals surface area (Å²) < 4.78 is 23.7. The van der Waals surface area contributed by atoms with E-state index in [2.05, 4.69) is 10.3 Å². The smallest absolute Gasteiger partial charge is 0.114 e. The van der Waals surface area contributed by atoms with Crippen LogP contribution in [0.4, 0.5) is 0 Å². The lowest BCUT2D eigenvalue weighted by Crippen LogP contribution is -2.31. The molecule has 0 aromatic carbocycles. The Kier molecular flexibility index (Phi) is 3.29. The van der Waals surface area contributed by atoms with Crippen LogP contribution in [0.15, 0.2) is 6.20 Å². The highest BCUT2D eigenvalue weighted by molar-refractivity contribution is 5.00. The maximum Gasteiger partial charge on any atom is 0.114 e. The summed E-state index contributed by atoms with van der Waals surface area (Å²) in [6.45, 7) is 1.61. The molecule has 7 heteroatoms. The van der Waals surface area contributed by atoms with Gasteiger partial charge < -0.3 is 18.9 Å². The Balaban J connectivity index is 1.73. The van der Waals surface area contributed by atoms with Crippen molar-refractivity contribution >= 4 is 0 Å². The molecule has 1 aromatic heterocycles. The first kappa shape index (κ1) is 12.0. The predicted octanol–water partition coefficient (Wildman–Crippen LogP) is -0.222. The molecule has 2 fully saturated rings. The zero-order chi connectivity index (χ0) is 12.5. The lowest BCUT2D eigenvalue weighted by atomic mass is 10.1. The van der Waals surface area contributed by atoms with Gasteiger partial charge in [0.25, 0.3) is 0 Å². The van der Waals surface area contributed by atoms with Gasteiger partial charge in [-0.2, -0.15) is 0 Å². The van der Waals surface area contributed by atoms with Crippen LogP contribution >= 0.6 is 0 Å². The SMILES string of the molecule is COCc1cn(C2COC3C(OC)COC32)nn1. The van der Waals surface area contributed by atoms with Gasteiger partial charge in [-0.1, -0.05) is 5.21 Å². The fourth-order valence-electron chi connectivity index (χ4n) is 2.56. The van der Waals surface area contributed by atoms with Crippen molar-refractivity contribution in [3.05, 3.63) is 11.9 Å². The number of hydrogen-bond donors (Lipinski definition) is 0. The van der Waals surface area contributed by atoms with Crippen LogP contribution in [-0.2, 0) is 25.6 Å². The number of ether oxygens (including phenoxy) is 4. The molecule has 2 saturated heterocycles. The molecule has 0 aliphatic carbocycles. The van der Waals surface area contributed by atoms with Crippen molar-refractivity contribution in [1.29, 1.82) is 0 Å². The molecule has 4 unspecified atom stereocenters. The normalized spacial score (nSPS) is 35.0. The van der Waals surface area contributed by atoms with Crippen LogP contribution in [-0.4, -0.2) is 60.7 Å². The van der Waals surface area contributed by atoms with E-state index < -0.39 is 0 Å². The summed E-state index contributed by atoms with van der Waals surface area (Å²) in [6, 6.07) is 0.0632. The average Bonchev–Trinajstić information content (AvgIpc) is 3.03. The molecule has 100 valence electrons. The molecule has 18 heavy (non-hydrogen) atoms. The Morgan fingerprint density at radius 3 is 2.94 bits per heavy atom. The molecule has 3 heterocycles. The van der Waals surface area contributed by atoms with E-state index in [1.165, 1.54) is 0 Å². The number of rotatable bonds is 4. The van der Waals surface area contributed by atoms with Crippen molar-refractivity contribution in [3.63, 3.8) is 0 Å². The third-order valence-electron chi connectivity index (χ3n) is 3.47. The van der Waals surface area contributed by atoms with Crippen LogP contribution in [0.5, 0.6) is 0 Å². The van der Waals surface area contributed by atoms with Gasteiger partial charge in [0.05, 0.1) is 26.0 Å². The molecule has 0 N–H and O–H groups in total. The molecular formula is C11H17N3O4. The fraction of sp³-hybridized carbons (Fsp3) is 0.818. The minimum atomic E-state index is -0.00737. The first-order valence-corrected chi connectivity index (χ1v) is 5.99. The van der Waals surface area contributed by atoms with Crippen molar-refractivity contribution < 1.29 is 18.9 Å². The summed E-state index contributed by atoms with van der Waals surface area (Å²) in [5.41, 5.74) is 0.808. The second-order valence-corrected chi connectivity index (χ2v) is 4.56. The molecule has 1 aromatic rings. The molecule has 2 aliphatic heterocycles. The third kappa shape index (κ3) is 1.93. The highest BCUT2D eigenvalue weighted by Gasteiger charge is 2.49. The molecule has 0 amide bonds. The Morgan fingerprint density at radius 1 is 1.33 bits per heavy atom. The first-order chi connectivity index (χ1) is 8.83. The van der Waals surface area contributed by atoms with Gasteiger partial charge in [-0.25, -0.2) is 4.68 Å². The molecule has 0 spiro atoms. The Morgan fingerprint density at radius 2 is 2.17 bits per heavy atom. The Bertz CT molecular complexity index is 411. The summed E-state index contributed by atoms with van der Waals surface area (Å²) in [4.78, 5) is 0. The van der Waals surface area contributed by atoms with E-state index in [1.54, 1.807) is 18.9 Å². The third-order valence-corrected chi connectivity index (χ3v) is 3.47. The van der Waals surface area contributed by atoms with E-state index in [-0.39, 0.29) is 24.4 Å². The predicted molar refractivity (Wildman–Crippen MR) is 60.0 cm³/mol. The summed E-state index contributed by atoms with van der Waals surface area (Å²) in [7, 11) is 3.32. The monoisotopic (exact) mass is 255 g/mol. The summed E-state index contributed by atoms with van der Waals surface area (Å²) >= 11 is 0. The van der Waals surface area contributed by atoms with Crippen molar-refractivity contribution in [2.75, 3.05) is 27.4 Å². The van der Waals surface area contributed by atoms with Gasteiger partial charge in [-0.3, -0.25) is 0 Å². The quantitative estimate of drug-likeness (QED) is 0.741. The highest BCUT2D eigenvalue weighted by atomic mass is 16.6. The van der Waals surface area contributed by atoms with Crippen molar-refractivity contribution in [3.8, 4) is 0 Å². The van der Waals surface area contributed by atoms with E-state index in [0.29, 0.717) is 19.8 Å². The molecule has 0 bridgehead atoms. The van der Waals surface area contributed by atoms with Crippen LogP contribution in [0, 0.1) is 0 Å². The second kappa shape index (κ2) is 4.93. The number of nitrogens with zero attached hydrogens (tertiary/aromatic N) is 3. The van der Waals surface area contributed by atoms with Crippen molar-refractivity contribution in [2.45, 2.75) is 31.0 Å². The van der Waals surface area contributed by atoms with E-state index in [4.69, 9.17) is 18.9 Å². The summed E-state index contributed by atoms with van der Waals surface area (Å²) in [6.07, 6.45) is 1.88. The van der Waals surface area contributed by atoms with Gasteiger partial charge in [0, 0.05) is 14.2 Å². The zero-order valence-corrected chi connectivity index (χ0v) is 10.5. The van der Waals surface area contributed by atoms with Gasteiger partial charge in [-0.15, -0.1) is 5.10 Å². The molecule has 7 nitrogen and oxygen atoms in total. The number of aromatic nitrogens is 3. The van der Waals surface area contributed by atoms with Crippen LogP contribution in [0.25, 0.3) is 0 Å². The van der Waals surface area contributed by atoms with Crippen LogP contribution in [0.2, 0.25) is 0 Å². The number of methoxy groups -OCH3 is 2. The second-order valence-electron chi connectivity index (χ2n) is 4.56. The molecule has 0 radical (unpaired) electrons. The summed E-state index contributed by atoms with van der Waals surface area (Å²) in [5.74, 6) is 0. The van der Waals surface area contributed by atoms with Gasteiger partial charge >= 0.3 is 0 Å². The average molecular weight is 255 g/mol. The van der Waals surface area contributed by atoms with Gasteiger partial charge in [-0.05, 0) is 0 Å².